The van der Waals surface area contributed by atoms with Crippen molar-refractivity contribution >= 4 is 29.7 Å². The van der Waals surface area contributed by atoms with Gasteiger partial charge in [-0.3, -0.25) is 0 Å². The van der Waals surface area contributed by atoms with Crippen LogP contribution in [-0.4, -0.2) is 107 Å². The summed E-state index contributed by atoms with van der Waals surface area (Å²) in [5, 5.41) is 78.2. The van der Waals surface area contributed by atoms with Crippen molar-refractivity contribution < 1.29 is 64.7 Å². The summed E-state index contributed by atoms with van der Waals surface area (Å²) >= 11 is 0. The number of hydrogen-bond donors (Lipinski definition) is 8. The summed E-state index contributed by atoms with van der Waals surface area (Å²) in [6.45, 7) is -0.693. The Hall–Kier alpha value is -4.28. The molecular weight excluding hydrogens is 524 g/mol. The van der Waals surface area contributed by atoms with Crippen molar-refractivity contribution in [3.05, 3.63) is 53.0 Å². The van der Waals surface area contributed by atoms with Crippen LogP contribution in [0.2, 0.25) is 0 Å². The molecule has 208 valence electrons. The SMILES string of the molecule is O=C(O)c1cc(C=CN2c3cc(O)c(O[C@@H]4O[C@H](CO)[C@@H](O)[C@H](O)[C@H]4O)cc3C[C@@H]2C(=O)O)cc(C(=O)O)n1. The Balaban J connectivity index is 1.64. The standard InChI is InChI=1S/C24H24N2O13/c27-8-17-18(29)19(30)20(31)24(39-17)38-16-6-10-5-14(23(36)37)26(13(10)7-15(16)28)2-1-9-3-11(21(32)33)25-12(4-9)22(34)35/h1-4,6-7,14,17-20,24,27-31H,5,8H2,(H,32,33)(H,34,35)(H,36,37)/t14-,17-,18-,19+,20-,24-/m1/s1. The number of anilines is 1. The molecular formula is C24H24N2O13. The van der Waals surface area contributed by atoms with Crippen LogP contribution in [0.15, 0.2) is 30.5 Å². The van der Waals surface area contributed by atoms with E-state index < -0.39 is 78.4 Å². The Morgan fingerprint density at radius 2 is 1.64 bits per heavy atom. The number of fused-ring (bicyclic) bond motifs is 1. The number of aromatic nitrogens is 1. The quantitative estimate of drug-likeness (QED) is 0.194. The number of phenols is 1. The zero-order chi connectivity index (χ0) is 28.6. The minimum absolute atomic E-state index is 0.0720. The fourth-order valence-electron chi connectivity index (χ4n) is 4.29. The van der Waals surface area contributed by atoms with E-state index in [0.29, 0.717) is 5.56 Å². The van der Waals surface area contributed by atoms with E-state index >= 15 is 0 Å². The van der Waals surface area contributed by atoms with Gasteiger partial charge in [-0.05, 0) is 35.4 Å². The van der Waals surface area contributed by atoms with Gasteiger partial charge in [0.1, 0.15) is 41.8 Å². The molecule has 1 aromatic heterocycles. The fourth-order valence-corrected chi connectivity index (χ4v) is 4.29. The first-order valence-corrected chi connectivity index (χ1v) is 11.4. The van der Waals surface area contributed by atoms with Gasteiger partial charge in [0.15, 0.2) is 11.5 Å². The van der Waals surface area contributed by atoms with Crippen molar-refractivity contribution in [3.8, 4) is 11.5 Å². The first kappa shape index (κ1) is 27.7. The van der Waals surface area contributed by atoms with Crippen LogP contribution in [0.5, 0.6) is 11.5 Å². The molecule has 15 heteroatoms. The minimum Gasteiger partial charge on any atom is -0.504 e. The number of carbonyl (C=O) groups is 3. The molecule has 0 spiro atoms. The zero-order valence-electron chi connectivity index (χ0n) is 19.9. The minimum atomic E-state index is -1.74. The van der Waals surface area contributed by atoms with Gasteiger partial charge < -0.3 is 55.2 Å². The molecule has 1 fully saturated rings. The number of benzene rings is 1. The van der Waals surface area contributed by atoms with E-state index in [1.54, 1.807) is 0 Å². The van der Waals surface area contributed by atoms with Crippen LogP contribution in [0.3, 0.4) is 0 Å². The van der Waals surface area contributed by atoms with E-state index in [9.17, 15) is 55.2 Å². The van der Waals surface area contributed by atoms with Gasteiger partial charge in [0.05, 0.1) is 6.61 Å². The number of pyridine rings is 1. The van der Waals surface area contributed by atoms with E-state index in [4.69, 9.17) is 9.47 Å². The lowest BCUT2D eigenvalue weighted by Crippen LogP contribution is -2.60. The van der Waals surface area contributed by atoms with E-state index in [-0.39, 0.29) is 23.4 Å². The van der Waals surface area contributed by atoms with E-state index in [1.807, 2.05) is 0 Å². The molecule has 1 aromatic carbocycles. The molecule has 15 nitrogen and oxygen atoms in total. The summed E-state index contributed by atoms with van der Waals surface area (Å²) in [4.78, 5) is 39.4. The van der Waals surface area contributed by atoms with Gasteiger partial charge in [0.2, 0.25) is 6.29 Å². The molecule has 2 aliphatic rings. The topological polar surface area (TPSA) is 248 Å². The molecule has 2 aliphatic heterocycles. The van der Waals surface area contributed by atoms with Crippen molar-refractivity contribution in [1.29, 1.82) is 0 Å². The van der Waals surface area contributed by atoms with Gasteiger partial charge in [0, 0.05) is 24.4 Å². The molecule has 0 saturated carbocycles. The maximum atomic E-state index is 12.0. The number of aliphatic hydroxyl groups is 4. The largest absolute Gasteiger partial charge is 0.504 e. The van der Waals surface area contributed by atoms with Crippen LogP contribution in [-0.2, 0) is 16.0 Å². The highest BCUT2D eigenvalue weighted by Gasteiger charge is 2.45. The average Bonchev–Trinajstić information content (AvgIpc) is 3.24. The van der Waals surface area contributed by atoms with Gasteiger partial charge in [0.25, 0.3) is 0 Å². The highest BCUT2D eigenvalue weighted by atomic mass is 16.7. The molecule has 0 amide bonds. The Morgan fingerprint density at radius 1 is 1.00 bits per heavy atom. The van der Waals surface area contributed by atoms with Gasteiger partial charge in [-0.1, -0.05) is 0 Å². The van der Waals surface area contributed by atoms with Crippen molar-refractivity contribution in [3.63, 3.8) is 0 Å². The molecule has 0 radical (unpaired) electrons. The number of hydrogen-bond acceptors (Lipinski definition) is 12. The van der Waals surface area contributed by atoms with Gasteiger partial charge in [-0.15, -0.1) is 0 Å². The molecule has 2 aromatic rings. The first-order valence-electron chi connectivity index (χ1n) is 11.4. The number of phenolic OH excluding ortho intramolecular Hbond substituents is 1. The lowest BCUT2D eigenvalue weighted by atomic mass is 9.99. The van der Waals surface area contributed by atoms with E-state index in [0.717, 1.165) is 12.1 Å². The highest BCUT2D eigenvalue weighted by molar-refractivity contribution is 5.91. The lowest BCUT2D eigenvalue weighted by Gasteiger charge is -2.39. The smallest absolute Gasteiger partial charge is 0.354 e. The second-order valence-corrected chi connectivity index (χ2v) is 8.83. The Kier molecular flexibility index (Phi) is 7.71. The van der Waals surface area contributed by atoms with Gasteiger partial charge >= 0.3 is 17.9 Å². The molecule has 6 atom stereocenters. The van der Waals surface area contributed by atoms with Crippen molar-refractivity contribution in [2.24, 2.45) is 0 Å². The Morgan fingerprint density at radius 3 is 2.21 bits per heavy atom. The maximum Gasteiger partial charge on any atom is 0.354 e. The van der Waals surface area contributed by atoms with Crippen LogP contribution in [0, 0.1) is 0 Å². The number of aliphatic carboxylic acids is 1. The number of aromatic hydroxyl groups is 1. The molecule has 1 saturated heterocycles. The zero-order valence-corrected chi connectivity index (χ0v) is 19.9. The Labute approximate surface area is 219 Å². The molecule has 4 rings (SSSR count). The maximum absolute atomic E-state index is 12.0. The molecule has 0 bridgehead atoms. The van der Waals surface area contributed by atoms with Crippen LogP contribution in [0.4, 0.5) is 5.69 Å². The van der Waals surface area contributed by atoms with Crippen LogP contribution >= 0.6 is 0 Å². The Bertz CT molecular complexity index is 1300. The summed E-state index contributed by atoms with van der Waals surface area (Å²) in [5.41, 5.74) is -0.318. The number of nitrogens with zero attached hydrogens (tertiary/aromatic N) is 2. The average molecular weight is 548 g/mol. The number of carboxylic acid groups (broad SMARTS) is 3. The highest BCUT2D eigenvalue weighted by Crippen LogP contribution is 2.42. The fraction of sp³-hybridized carbons (Fsp3) is 0.333. The predicted molar refractivity (Wildman–Crippen MR) is 127 cm³/mol. The lowest BCUT2D eigenvalue weighted by molar-refractivity contribution is -0.277. The summed E-state index contributed by atoms with van der Waals surface area (Å²) in [6, 6.07) is 3.52. The van der Waals surface area contributed by atoms with Crippen molar-refractivity contribution in [2.45, 2.75) is 43.2 Å². The summed E-state index contributed by atoms with van der Waals surface area (Å²) in [7, 11) is 0. The second-order valence-electron chi connectivity index (χ2n) is 8.83. The molecule has 0 unspecified atom stereocenters. The molecule has 8 N–H and O–H groups in total. The molecule has 0 aliphatic carbocycles. The van der Waals surface area contributed by atoms with Crippen molar-refractivity contribution in [2.75, 3.05) is 11.5 Å². The van der Waals surface area contributed by atoms with E-state index in [1.165, 1.54) is 29.3 Å². The summed E-state index contributed by atoms with van der Waals surface area (Å²) in [6.07, 6.45) is -5.41. The number of rotatable bonds is 8. The normalized spacial score (nSPS) is 26.4. The van der Waals surface area contributed by atoms with Crippen LogP contribution in [0.25, 0.3) is 6.08 Å². The molecule has 3 heterocycles. The van der Waals surface area contributed by atoms with Gasteiger partial charge in [-0.25, -0.2) is 19.4 Å². The van der Waals surface area contributed by atoms with Crippen LogP contribution in [0.1, 0.15) is 32.1 Å². The summed E-state index contributed by atoms with van der Waals surface area (Å²) in [5.74, 6) is -4.89. The molecule has 39 heavy (non-hydrogen) atoms. The second kappa shape index (κ2) is 10.8. The monoisotopic (exact) mass is 548 g/mol. The number of carboxylic acids is 3. The van der Waals surface area contributed by atoms with Gasteiger partial charge in [-0.2, -0.15) is 0 Å². The number of ether oxygens (including phenoxy) is 2. The van der Waals surface area contributed by atoms with Crippen LogP contribution < -0.4 is 9.64 Å². The van der Waals surface area contributed by atoms with Crippen molar-refractivity contribution in [1.82, 2.24) is 4.98 Å². The number of aliphatic hydroxyl groups excluding tert-OH is 4. The first-order chi connectivity index (χ1) is 18.4. The summed E-state index contributed by atoms with van der Waals surface area (Å²) < 4.78 is 10.8. The third kappa shape index (κ3) is 5.47. The number of aromatic carboxylic acids is 2. The third-order valence-electron chi connectivity index (χ3n) is 6.28. The van der Waals surface area contributed by atoms with E-state index in [2.05, 4.69) is 4.98 Å². The third-order valence-corrected chi connectivity index (χ3v) is 6.28. The predicted octanol–water partition coefficient (Wildman–Crippen LogP) is -1.15.